The molecule has 0 aliphatic rings. The molecule has 0 fully saturated rings. The minimum absolute atomic E-state index is 0.134. The smallest absolute Gasteiger partial charge is 0.248 e. The van der Waals surface area contributed by atoms with Gasteiger partial charge in [0.25, 0.3) is 0 Å². The number of imidazole rings is 1. The summed E-state index contributed by atoms with van der Waals surface area (Å²) in [6.45, 7) is 3.83. The van der Waals surface area contributed by atoms with Crippen LogP contribution in [0.3, 0.4) is 0 Å². The van der Waals surface area contributed by atoms with E-state index in [2.05, 4.69) is 15.3 Å². The number of nitrogens with zero attached hydrogens (tertiary/aromatic N) is 3. The molecule has 7 heteroatoms. The summed E-state index contributed by atoms with van der Waals surface area (Å²) in [5, 5.41) is 5.32. The van der Waals surface area contributed by atoms with Gasteiger partial charge in [-0.25, -0.2) is 9.97 Å². The molecule has 0 spiro atoms. The zero-order valence-electron chi connectivity index (χ0n) is 13.7. The van der Waals surface area contributed by atoms with Crippen LogP contribution in [0.25, 0.3) is 11.3 Å². The Morgan fingerprint density at radius 1 is 1.42 bits per heavy atom. The monoisotopic (exact) mass is 342 g/mol. The number of aryl methyl sites for hydroxylation is 1. The summed E-state index contributed by atoms with van der Waals surface area (Å²) < 4.78 is 7.14. The van der Waals surface area contributed by atoms with E-state index in [0.29, 0.717) is 5.13 Å². The number of aromatic nitrogens is 3. The largest absolute Gasteiger partial charge is 0.496 e. The molecule has 0 saturated carbocycles. The minimum atomic E-state index is -0.353. The Labute approximate surface area is 144 Å². The molecular weight excluding hydrogens is 324 g/mol. The fraction of sp³-hybridized carbons (Fsp3) is 0.235. The van der Waals surface area contributed by atoms with E-state index in [9.17, 15) is 4.79 Å². The van der Waals surface area contributed by atoms with Crippen LogP contribution in [0.5, 0.6) is 5.75 Å². The van der Waals surface area contributed by atoms with Crippen molar-refractivity contribution in [2.45, 2.75) is 19.9 Å². The highest BCUT2D eigenvalue weighted by Crippen LogP contribution is 2.33. The number of hydrogen-bond donors (Lipinski definition) is 1. The van der Waals surface area contributed by atoms with Gasteiger partial charge in [0.15, 0.2) is 5.13 Å². The molecule has 1 N–H and O–H groups in total. The summed E-state index contributed by atoms with van der Waals surface area (Å²) in [5.41, 5.74) is 2.82. The highest BCUT2D eigenvalue weighted by Gasteiger charge is 2.17. The maximum absolute atomic E-state index is 12.3. The van der Waals surface area contributed by atoms with Crippen LogP contribution in [0.1, 0.15) is 18.5 Å². The van der Waals surface area contributed by atoms with E-state index in [1.54, 1.807) is 30.4 Å². The summed E-state index contributed by atoms with van der Waals surface area (Å²) in [4.78, 5) is 20.8. The molecule has 0 radical (unpaired) electrons. The first-order chi connectivity index (χ1) is 11.6. The maximum Gasteiger partial charge on any atom is 0.248 e. The number of thiazole rings is 1. The van der Waals surface area contributed by atoms with Crippen molar-refractivity contribution in [2.75, 3.05) is 12.4 Å². The fourth-order valence-corrected chi connectivity index (χ4v) is 3.03. The predicted molar refractivity (Wildman–Crippen MR) is 94.4 cm³/mol. The third-order valence-corrected chi connectivity index (χ3v) is 4.47. The first-order valence-corrected chi connectivity index (χ1v) is 8.35. The molecule has 2 aromatic heterocycles. The van der Waals surface area contributed by atoms with Crippen molar-refractivity contribution < 1.29 is 9.53 Å². The summed E-state index contributed by atoms with van der Waals surface area (Å²) in [6.07, 6.45) is 5.03. The summed E-state index contributed by atoms with van der Waals surface area (Å²) in [6, 6.07) is 5.58. The van der Waals surface area contributed by atoms with Crippen LogP contribution in [0, 0.1) is 6.92 Å². The average Bonchev–Trinajstić information content (AvgIpc) is 3.26. The highest BCUT2D eigenvalue weighted by atomic mass is 32.1. The number of benzene rings is 1. The lowest BCUT2D eigenvalue weighted by atomic mass is 10.1. The maximum atomic E-state index is 12.3. The molecule has 0 bridgehead atoms. The summed E-state index contributed by atoms with van der Waals surface area (Å²) in [7, 11) is 1.63. The first kappa shape index (κ1) is 16.2. The number of rotatable bonds is 5. The van der Waals surface area contributed by atoms with Gasteiger partial charge < -0.3 is 14.6 Å². The molecule has 3 aromatic rings. The zero-order valence-corrected chi connectivity index (χ0v) is 14.5. The van der Waals surface area contributed by atoms with Gasteiger partial charge in [-0.1, -0.05) is 11.6 Å². The molecule has 1 atom stereocenters. The van der Waals surface area contributed by atoms with E-state index in [4.69, 9.17) is 4.74 Å². The number of ether oxygens (including phenoxy) is 1. The molecule has 0 unspecified atom stereocenters. The number of methoxy groups -OCH3 is 1. The molecular formula is C17H18N4O2S. The number of carbonyl (C=O) groups excluding carboxylic acids is 1. The quantitative estimate of drug-likeness (QED) is 0.770. The third-order valence-electron chi connectivity index (χ3n) is 3.72. The van der Waals surface area contributed by atoms with Gasteiger partial charge in [0.05, 0.1) is 19.1 Å². The van der Waals surface area contributed by atoms with Crippen LogP contribution in [-0.2, 0) is 4.79 Å². The number of amides is 1. The van der Waals surface area contributed by atoms with Crippen LogP contribution >= 0.6 is 11.3 Å². The van der Waals surface area contributed by atoms with Crippen LogP contribution < -0.4 is 10.1 Å². The SMILES string of the molecule is COc1ccc(C)cc1-c1csc(NC(=O)[C@H](C)n2ccnc2)n1. The first-order valence-electron chi connectivity index (χ1n) is 7.47. The molecule has 0 aliphatic heterocycles. The number of nitrogens with one attached hydrogen (secondary N) is 1. The summed E-state index contributed by atoms with van der Waals surface area (Å²) in [5.74, 6) is 0.626. The fourth-order valence-electron chi connectivity index (χ4n) is 2.32. The number of hydrogen-bond acceptors (Lipinski definition) is 5. The molecule has 1 aromatic carbocycles. The second-order valence-corrected chi connectivity index (χ2v) is 6.27. The molecule has 1 amide bonds. The lowest BCUT2D eigenvalue weighted by Crippen LogP contribution is -2.22. The molecule has 0 aliphatic carbocycles. The highest BCUT2D eigenvalue weighted by molar-refractivity contribution is 7.14. The molecule has 2 heterocycles. The molecule has 0 saturated heterocycles. The molecule has 3 rings (SSSR count). The standard InChI is InChI=1S/C17H18N4O2S/c1-11-4-5-15(23-3)13(8-11)14-9-24-17(19-14)20-16(22)12(2)21-7-6-18-10-21/h4-10,12H,1-3H3,(H,19,20,22)/t12-/m0/s1. The van der Waals surface area contributed by atoms with Gasteiger partial charge in [-0.05, 0) is 26.0 Å². The van der Waals surface area contributed by atoms with Crippen molar-refractivity contribution in [2.24, 2.45) is 0 Å². The van der Waals surface area contributed by atoms with Crippen LogP contribution in [-0.4, -0.2) is 27.6 Å². The van der Waals surface area contributed by atoms with Crippen LogP contribution in [0.2, 0.25) is 0 Å². The van der Waals surface area contributed by atoms with Crippen molar-refractivity contribution in [1.82, 2.24) is 14.5 Å². The summed E-state index contributed by atoms with van der Waals surface area (Å²) >= 11 is 1.39. The third kappa shape index (κ3) is 3.30. The van der Waals surface area contributed by atoms with Crippen LogP contribution in [0.4, 0.5) is 5.13 Å². The second kappa shape index (κ2) is 6.84. The van der Waals surface area contributed by atoms with Crippen molar-refractivity contribution in [3.8, 4) is 17.0 Å². The Kier molecular flexibility index (Phi) is 4.61. The average molecular weight is 342 g/mol. The van der Waals surface area contributed by atoms with Crippen LogP contribution in [0.15, 0.2) is 42.3 Å². The van der Waals surface area contributed by atoms with Gasteiger partial charge in [0.1, 0.15) is 11.8 Å². The van der Waals surface area contributed by atoms with E-state index in [0.717, 1.165) is 22.6 Å². The van der Waals surface area contributed by atoms with Gasteiger partial charge in [-0.15, -0.1) is 11.3 Å². The Balaban J connectivity index is 1.79. The Morgan fingerprint density at radius 2 is 2.25 bits per heavy atom. The van der Waals surface area contributed by atoms with E-state index in [1.807, 2.05) is 37.4 Å². The number of anilines is 1. The minimum Gasteiger partial charge on any atom is -0.496 e. The van der Waals surface area contributed by atoms with Crippen molar-refractivity contribution in [3.05, 3.63) is 47.9 Å². The van der Waals surface area contributed by atoms with Gasteiger partial charge in [0.2, 0.25) is 5.91 Å². The Bertz CT molecular complexity index is 842. The molecule has 24 heavy (non-hydrogen) atoms. The second-order valence-electron chi connectivity index (χ2n) is 5.42. The molecule has 124 valence electrons. The van der Waals surface area contributed by atoms with E-state index < -0.39 is 0 Å². The Hall–Kier alpha value is -2.67. The van der Waals surface area contributed by atoms with E-state index >= 15 is 0 Å². The van der Waals surface area contributed by atoms with E-state index in [1.165, 1.54) is 11.3 Å². The van der Waals surface area contributed by atoms with Gasteiger partial charge in [-0.3, -0.25) is 4.79 Å². The predicted octanol–water partition coefficient (Wildman–Crippen LogP) is 3.52. The van der Waals surface area contributed by atoms with Crippen molar-refractivity contribution in [3.63, 3.8) is 0 Å². The zero-order chi connectivity index (χ0) is 17.1. The van der Waals surface area contributed by atoms with Gasteiger partial charge >= 0.3 is 0 Å². The lowest BCUT2D eigenvalue weighted by molar-refractivity contribution is -0.118. The molecule has 6 nitrogen and oxygen atoms in total. The Morgan fingerprint density at radius 3 is 2.96 bits per heavy atom. The lowest BCUT2D eigenvalue weighted by Gasteiger charge is -2.11. The van der Waals surface area contributed by atoms with E-state index in [-0.39, 0.29) is 11.9 Å². The van der Waals surface area contributed by atoms with Gasteiger partial charge in [0, 0.05) is 23.3 Å². The topological polar surface area (TPSA) is 69.0 Å². The van der Waals surface area contributed by atoms with Gasteiger partial charge in [-0.2, -0.15) is 0 Å². The number of carbonyl (C=O) groups is 1. The van der Waals surface area contributed by atoms with Crippen molar-refractivity contribution in [1.29, 1.82) is 0 Å². The normalized spacial score (nSPS) is 12.0. The van der Waals surface area contributed by atoms with Crippen molar-refractivity contribution >= 4 is 22.4 Å².